The molecule has 24 heavy (non-hydrogen) atoms. The molecule has 0 saturated carbocycles. The second-order valence-corrected chi connectivity index (χ2v) is 5.69. The number of hydrazine groups is 1. The number of hydrogen-bond donors (Lipinski definition) is 0. The molecule has 0 saturated heterocycles. The summed E-state index contributed by atoms with van der Waals surface area (Å²) in [5.41, 5.74) is 2.72. The van der Waals surface area contributed by atoms with Gasteiger partial charge in [0.05, 0.1) is 22.7 Å². The summed E-state index contributed by atoms with van der Waals surface area (Å²) in [5.74, 6) is -1.90. The number of para-hydroxylation sites is 1. The first-order valence-corrected chi connectivity index (χ1v) is 7.42. The highest BCUT2D eigenvalue weighted by Gasteiger charge is 2.43. The van der Waals surface area contributed by atoms with Gasteiger partial charge in [-0.2, -0.15) is 0 Å². The average molecular weight is 320 g/mol. The minimum Gasteiger partial charge on any atom is -0.285 e. The summed E-state index contributed by atoms with van der Waals surface area (Å²) in [6, 6.07) is 13.4. The highest BCUT2D eigenvalue weighted by molar-refractivity contribution is 6.54. The number of anilines is 1. The van der Waals surface area contributed by atoms with Crippen LogP contribution in [0.1, 0.15) is 15.9 Å². The lowest BCUT2D eigenvalue weighted by Crippen LogP contribution is -2.32. The van der Waals surface area contributed by atoms with E-state index in [4.69, 9.17) is 0 Å². The van der Waals surface area contributed by atoms with E-state index in [0.717, 1.165) is 11.8 Å². The van der Waals surface area contributed by atoms with Crippen LogP contribution in [-0.4, -0.2) is 23.6 Å². The van der Waals surface area contributed by atoms with Crippen LogP contribution < -0.4 is 5.01 Å². The van der Waals surface area contributed by atoms with Gasteiger partial charge in [0.15, 0.2) is 0 Å². The number of halogens is 1. The maximum absolute atomic E-state index is 13.6. The van der Waals surface area contributed by atoms with Crippen LogP contribution in [0.5, 0.6) is 0 Å². The zero-order valence-electron chi connectivity index (χ0n) is 12.9. The quantitative estimate of drug-likeness (QED) is 0.757. The van der Waals surface area contributed by atoms with E-state index in [9.17, 15) is 14.0 Å². The molecule has 5 heteroatoms. The smallest absolute Gasteiger partial charge is 0.237 e. The monoisotopic (exact) mass is 320 g/mol. The molecule has 4 nitrogen and oxygen atoms in total. The van der Waals surface area contributed by atoms with Gasteiger partial charge in [0.2, 0.25) is 11.6 Å². The molecule has 2 aliphatic rings. The Bertz CT molecular complexity index is 947. The summed E-state index contributed by atoms with van der Waals surface area (Å²) < 4.78 is 13.6. The number of nitrogens with zero attached hydrogens (tertiary/aromatic N) is 2. The molecule has 118 valence electrons. The van der Waals surface area contributed by atoms with Crippen molar-refractivity contribution in [2.45, 2.75) is 0 Å². The number of Topliss-reactive ketones (excluding diaryl/α,β-unsaturated/α-hetero) is 2. The second-order valence-electron chi connectivity index (χ2n) is 5.69. The Hall–Kier alpha value is -3.21. The Morgan fingerprint density at radius 3 is 2.38 bits per heavy atom. The molecule has 4 rings (SSSR count). The highest BCUT2D eigenvalue weighted by atomic mass is 19.1. The van der Waals surface area contributed by atoms with Gasteiger partial charge in [0.25, 0.3) is 0 Å². The first-order chi connectivity index (χ1) is 11.5. The first kappa shape index (κ1) is 14.4. The maximum Gasteiger partial charge on any atom is 0.237 e. The molecule has 0 radical (unpaired) electrons. The van der Waals surface area contributed by atoms with Crippen molar-refractivity contribution in [3.63, 3.8) is 0 Å². The zero-order chi connectivity index (χ0) is 17.0. The van der Waals surface area contributed by atoms with E-state index in [1.807, 2.05) is 35.3 Å². The van der Waals surface area contributed by atoms with Gasteiger partial charge in [0.1, 0.15) is 5.82 Å². The van der Waals surface area contributed by atoms with E-state index in [-0.39, 0.29) is 11.1 Å². The van der Waals surface area contributed by atoms with Gasteiger partial charge in [0, 0.05) is 18.2 Å². The van der Waals surface area contributed by atoms with E-state index in [1.54, 1.807) is 12.1 Å². The number of allylic oxidation sites excluding steroid dienone is 1. The Morgan fingerprint density at radius 2 is 1.67 bits per heavy atom. The van der Waals surface area contributed by atoms with E-state index >= 15 is 0 Å². The third-order valence-electron chi connectivity index (χ3n) is 4.34. The predicted molar refractivity (Wildman–Crippen MR) is 88.5 cm³/mol. The summed E-state index contributed by atoms with van der Waals surface area (Å²) in [7, 11) is 1.77. The number of likely N-dealkylation sites (N-methyl/N-ethyl adjacent to an activating group) is 1. The van der Waals surface area contributed by atoms with E-state index in [1.165, 1.54) is 12.1 Å². The molecular weight excluding hydrogens is 307 g/mol. The van der Waals surface area contributed by atoms with Gasteiger partial charge in [-0.3, -0.25) is 19.6 Å². The molecular formula is C19H13FN2O2. The number of rotatable bonds is 1. The van der Waals surface area contributed by atoms with Gasteiger partial charge in [-0.1, -0.05) is 24.8 Å². The first-order valence-electron chi connectivity index (χ1n) is 7.42. The number of ketones is 2. The Kier molecular flexibility index (Phi) is 2.93. The second kappa shape index (κ2) is 4.89. The molecule has 1 aliphatic heterocycles. The number of benzene rings is 2. The molecule has 0 N–H and O–H groups in total. The fraction of sp³-hybridized carbons (Fsp3) is 0.0526. The van der Waals surface area contributed by atoms with Crippen molar-refractivity contribution in [2.24, 2.45) is 0 Å². The lowest BCUT2D eigenvalue weighted by Gasteiger charge is -2.31. The van der Waals surface area contributed by atoms with Crippen molar-refractivity contribution in [3.05, 3.63) is 83.3 Å². The maximum atomic E-state index is 13.6. The molecule has 0 unspecified atom stereocenters. The van der Waals surface area contributed by atoms with Crippen LogP contribution >= 0.6 is 0 Å². The van der Waals surface area contributed by atoms with Gasteiger partial charge in [-0.05, 0) is 30.3 Å². The third kappa shape index (κ3) is 1.78. The van der Waals surface area contributed by atoms with Crippen molar-refractivity contribution in [1.82, 2.24) is 5.01 Å². The number of carbonyl (C=O) groups is 2. The number of fused-ring (bicyclic) bond motifs is 2. The van der Waals surface area contributed by atoms with Crippen LogP contribution in [0.15, 0.2) is 66.4 Å². The number of hydrogen-bond acceptors (Lipinski definition) is 4. The SMILES string of the molecule is C=C1C2=C(c3ccc(F)cc3C(=O)C2=O)N(c2ccccc2)N1C. The van der Waals surface area contributed by atoms with Gasteiger partial charge in [-0.25, -0.2) is 4.39 Å². The standard InChI is InChI=1S/C19H13FN2O2/c1-11-16-17(22(21(11)2)13-6-4-3-5-7-13)14-9-8-12(20)10-15(14)18(23)19(16)24/h3-10H,1H2,2H3. The summed E-state index contributed by atoms with van der Waals surface area (Å²) in [6.45, 7) is 3.95. The van der Waals surface area contributed by atoms with E-state index in [2.05, 4.69) is 6.58 Å². The van der Waals surface area contributed by atoms with Crippen molar-refractivity contribution < 1.29 is 14.0 Å². The lowest BCUT2D eigenvalue weighted by molar-refractivity contribution is -0.111. The molecule has 0 bridgehead atoms. The Morgan fingerprint density at radius 1 is 0.958 bits per heavy atom. The van der Waals surface area contributed by atoms with Gasteiger partial charge < -0.3 is 0 Å². The van der Waals surface area contributed by atoms with E-state index in [0.29, 0.717) is 17.0 Å². The fourth-order valence-corrected chi connectivity index (χ4v) is 3.18. The molecule has 0 aromatic heterocycles. The summed E-state index contributed by atoms with van der Waals surface area (Å²) >= 11 is 0. The molecule has 2 aromatic rings. The molecule has 0 amide bonds. The average Bonchev–Trinajstić information content (AvgIpc) is 2.85. The van der Waals surface area contributed by atoms with Crippen molar-refractivity contribution >= 4 is 23.0 Å². The summed E-state index contributed by atoms with van der Waals surface area (Å²) in [5, 5.41) is 3.54. The van der Waals surface area contributed by atoms with Crippen molar-refractivity contribution in [2.75, 3.05) is 12.1 Å². The minimum atomic E-state index is -0.701. The number of carbonyl (C=O) groups excluding carboxylic acids is 2. The fourth-order valence-electron chi connectivity index (χ4n) is 3.18. The largest absolute Gasteiger partial charge is 0.285 e. The Balaban J connectivity index is 2.02. The van der Waals surface area contributed by atoms with Crippen LogP contribution in [0.4, 0.5) is 10.1 Å². The van der Waals surface area contributed by atoms with Crippen LogP contribution in [0, 0.1) is 5.82 Å². The van der Waals surface area contributed by atoms with Gasteiger partial charge in [-0.15, -0.1) is 0 Å². The van der Waals surface area contributed by atoms with Crippen molar-refractivity contribution in [1.29, 1.82) is 0 Å². The van der Waals surface area contributed by atoms with Crippen LogP contribution in [0.3, 0.4) is 0 Å². The molecule has 0 spiro atoms. The highest BCUT2D eigenvalue weighted by Crippen LogP contribution is 2.44. The van der Waals surface area contributed by atoms with Crippen LogP contribution in [0.2, 0.25) is 0 Å². The van der Waals surface area contributed by atoms with Crippen LogP contribution in [-0.2, 0) is 4.79 Å². The summed E-state index contributed by atoms with van der Waals surface area (Å²) in [6.07, 6.45) is 0. The minimum absolute atomic E-state index is 0.0859. The lowest BCUT2D eigenvalue weighted by atomic mass is 9.86. The van der Waals surface area contributed by atoms with Crippen molar-refractivity contribution in [3.8, 4) is 0 Å². The van der Waals surface area contributed by atoms with Gasteiger partial charge >= 0.3 is 0 Å². The normalized spacial score (nSPS) is 16.7. The third-order valence-corrected chi connectivity index (χ3v) is 4.34. The zero-order valence-corrected chi connectivity index (χ0v) is 12.9. The Labute approximate surface area is 138 Å². The van der Waals surface area contributed by atoms with Crippen LogP contribution in [0.25, 0.3) is 5.70 Å². The molecule has 1 aliphatic carbocycles. The topological polar surface area (TPSA) is 40.6 Å². The molecule has 2 aromatic carbocycles. The molecule has 0 fully saturated rings. The summed E-state index contributed by atoms with van der Waals surface area (Å²) in [4.78, 5) is 24.9. The molecule has 0 atom stereocenters. The molecule has 1 heterocycles. The van der Waals surface area contributed by atoms with E-state index < -0.39 is 17.4 Å². The predicted octanol–water partition coefficient (Wildman–Crippen LogP) is 3.18.